The third-order valence-electron chi connectivity index (χ3n) is 6.85. The number of benzene rings is 1. The Kier molecular flexibility index (Phi) is 8.83. The first-order valence-electron chi connectivity index (χ1n) is 13.3. The second kappa shape index (κ2) is 11.7. The molecule has 0 aromatic heterocycles. The SMILES string of the molecule is CC(C)(C)OC(=O)NCC1CN(S(=O)(=O)NC(=O)c2cc(C3CC3)c(OCC3CCCC3)cc2F)CCO1. The molecule has 4 rings (SSSR count). The van der Waals surface area contributed by atoms with Crippen LogP contribution in [0, 0.1) is 11.7 Å². The van der Waals surface area contributed by atoms with Gasteiger partial charge in [0.1, 0.15) is 17.2 Å². The van der Waals surface area contributed by atoms with E-state index >= 15 is 4.39 Å². The molecule has 1 unspecified atom stereocenters. The minimum Gasteiger partial charge on any atom is -0.493 e. The highest BCUT2D eigenvalue weighted by Gasteiger charge is 2.34. The Labute approximate surface area is 223 Å². The molecule has 3 aliphatic rings. The molecule has 212 valence electrons. The van der Waals surface area contributed by atoms with Gasteiger partial charge >= 0.3 is 16.3 Å². The summed E-state index contributed by atoms with van der Waals surface area (Å²) in [4.78, 5) is 24.8. The maximum Gasteiger partial charge on any atom is 0.407 e. The van der Waals surface area contributed by atoms with Gasteiger partial charge in [0.05, 0.1) is 24.9 Å². The number of nitrogens with one attached hydrogen (secondary N) is 2. The van der Waals surface area contributed by atoms with Gasteiger partial charge in [-0.05, 0) is 69.9 Å². The number of nitrogens with zero attached hydrogens (tertiary/aromatic N) is 1. The number of morpholine rings is 1. The molecular formula is C26H38FN3O7S. The minimum atomic E-state index is -4.28. The van der Waals surface area contributed by atoms with Gasteiger partial charge in [0, 0.05) is 25.7 Å². The summed E-state index contributed by atoms with van der Waals surface area (Å²) < 4.78 is 60.7. The number of carbonyl (C=O) groups is 2. The second-order valence-electron chi connectivity index (χ2n) is 11.3. The van der Waals surface area contributed by atoms with Crippen LogP contribution < -0.4 is 14.8 Å². The molecule has 1 aromatic rings. The number of hydrogen-bond donors (Lipinski definition) is 2. The van der Waals surface area contributed by atoms with Gasteiger partial charge in [-0.3, -0.25) is 4.79 Å². The van der Waals surface area contributed by atoms with Gasteiger partial charge in [0.2, 0.25) is 0 Å². The molecule has 0 radical (unpaired) electrons. The second-order valence-corrected chi connectivity index (χ2v) is 12.9. The standard InChI is InChI=1S/C26H38FN3O7S/c1-26(2,3)37-25(32)28-14-19-15-30(10-11-35-19)38(33,34)29-24(31)21-12-20(18-8-9-18)23(13-22(21)27)36-16-17-6-4-5-7-17/h12-13,17-19H,4-11,14-16H2,1-3H3,(H,28,32)(H,29,31). The van der Waals surface area contributed by atoms with Crippen molar-refractivity contribution in [2.24, 2.45) is 5.92 Å². The zero-order valence-electron chi connectivity index (χ0n) is 22.3. The highest BCUT2D eigenvalue weighted by atomic mass is 32.2. The molecule has 1 saturated heterocycles. The van der Waals surface area contributed by atoms with E-state index in [-0.39, 0.29) is 37.7 Å². The lowest BCUT2D eigenvalue weighted by Gasteiger charge is -2.32. The molecule has 0 spiro atoms. The smallest absolute Gasteiger partial charge is 0.407 e. The first-order chi connectivity index (χ1) is 17.9. The molecule has 1 heterocycles. The Morgan fingerprint density at radius 2 is 1.87 bits per heavy atom. The molecule has 2 amide bonds. The summed E-state index contributed by atoms with van der Waals surface area (Å²) >= 11 is 0. The van der Waals surface area contributed by atoms with E-state index in [0.717, 1.165) is 35.6 Å². The fourth-order valence-corrected chi connectivity index (χ4v) is 5.90. The monoisotopic (exact) mass is 555 g/mol. The van der Waals surface area contributed by atoms with Gasteiger partial charge in [-0.15, -0.1) is 0 Å². The number of halogens is 1. The molecule has 2 N–H and O–H groups in total. The molecule has 38 heavy (non-hydrogen) atoms. The fraction of sp³-hybridized carbons (Fsp3) is 0.692. The Morgan fingerprint density at radius 3 is 2.53 bits per heavy atom. The Balaban J connectivity index is 1.38. The van der Waals surface area contributed by atoms with Crippen LogP contribution in [0.4, 0.5) is 9.18 Å². The summed E-state index contributed by atoms with van der Waals surface area (Å²) in [5.41, 5.74) is -0.266. The highest BCUT2D eigenvalue weighted by Crippen LogP contribution is 2.45. The highest BCUT2D eigenvalue weighted by molar-refractivity contribution is 7.87. The lowest BCUT2D eigenvalue weighted by molar-refractivity contribution is -0.00384. The van der Waals surface area contributed by atoms with E-state index in [1.54, 1.807) is 20.8 Å². The first kappa shape index (κ1) is 28.6. The topological polar surface area (TPSA) is 123 Å². The summed E-state index contributed by atoms with van der Waals surface area (Å²) in [5, 5.41) is 2.55. The lowest BCUT2D eigenvalue weighted by atomic mass is 10.0. The third-order valence-corrected chi connectivity index (χ3v) is 8.30. The molecule has 2 aliphatic carbocycles. The lowest BCUT2D eigenvalue weighted by Crippen LogP contribution is -2.53. The maximum atomic E-state index is 15.0. The van der Waals surface area contributed by atoms with Crippen LogP contribution >= 0.6 is 0 Å². The Hall–Kier alpha value is -2.44. The van der Waals surface area contributed by atoms with E-state index < -0.39 is 39.7 Å². The van der Waals surface area contributed by atoms with Gasteiger partial charge < -0.3 is 19.5 Å². The molecule has 3 fully saturated rings. The van der Waals surface area contributed by atoms with E-state index in [1.165, 1.54) is 25.0 Å². The predicted molar refractivity (Wildman–Crippen MR) is 138 cm³/mol. The van der Waals surface area contributed by atoms with Crippen LogP contribution in [0.2, 0.25) is 0 Å². The van der Waals surface area contributed by atoms with E-state index in [2.05, 4.69) is 5.32 Å². The number of alkyl carbamates (subject to hydrolysis) is 1. The van der Waals surface area contributed by atoms with Crippen LogP contribution in [-0.2, 0) is 19.7 Å². The van der Waals surface area contributed by atoms with E-state index in [0.29, 0.717) is 18.3 Å². The van der Waals surface area contributed by atoms with Gasteiger partial charge in [-0.25, -0.2) is 13.9 Å². The average Bonchev–Trinajstić information content (AvgIpc) is 3.54. The number of hydrogen-bond acceptors (Lipinski definition) is 7. The maximum absolute atomic E-state index is 15.0. The van der Waals surface area contributed by atoms with E-state index in [4.69, 9.17) is 14.2 Å². The van der Waals surface area contributed by atoms with Gasteiger partial charge in [-0.1, -0.05) is 12.8 Å². The number of amides is 2. The molecule has 0 bridgehead atoms. The van der Waals surface area contributed by atoms with Crippen LogP contribution in [0.5, 0.6) is 5.75 Å². The van der Waals surface area contributed by atoms with E-state index in [1.807, 2.05) is 4.72 Å². The molecular weight excluding hydrogens is 517 g/mol. The number of carbonyl (C=O) groups excluding carboxylic acids is 2. The molecule has 2 saturated carbocycles. The van der Waals surface area contributed by atoms with Crippen molar-refractivity contribution in [3.8, 4) is 5.75 Å². The van der Waals surface area contributed by atoms with Crippen molar-refractivity contribution >= 4 is 22.2 Å². The van der Waals surface area contributed by atoms with Gasteiger partial charge in [0.15, 0.2) is 0 Å². The third kappa shape index (κ3) is 7.79. The van der Waals surface area contributed by atoms with Crippen molar-refractivity contribution in [2.45, 2.75) is 76.9 Å². The Morgan fingerprint density at radius 1 is 1.16 bits per heavy atom. The molecule has 12 heteroatoms. The van der Waals surface area contributed by atoms with Gasteiger partial charge in [0.25, 0.3) is 5.91 Å². The number of rotatable bonds is 9. The van der Waals surface area contributed by atoms with Crippen LogP contribution in [0.3, 0.4) is 0 Å². The normalized spacial score (nSPS) is 21.2. The Bertz CT molecular complexity index is 1130. The largest absolute Gasteiger partial charge is 0.493 e. The molecule has 10 nitrogen and oxygen atoms in total. The van der Waals surface area contributed by atoms with Crippen molar-refractivity contribution in [2.75, 3.05) is 32.8 Å². The molecule has 1 aliphatic heterocycles. The average molecular weight is 556 g/mol. The van der Waals surface area contributed by atoms with Crippen molar-refractivity contribution in [1.82, 2.24) is 14.3 Å². The van der Waals surface area contributed by atoms with Gasteiger partial charge in [-0.2, -0.15) is 12.7 Å². The molecule has 1 aromatic carbocycles. The molecule has 1 atom stereocenters. The minimum absolute atomic E-state index is 0.00923. The van der Waals surface area contributed by atoms with Crippen molar-refractivity contribution < 1.29 is 36.6 Å². The van der Waals surface area contributed by atoms with Crippen LogP contribution in [0.25, 0.3) is 0 Å². The zero-order chi connectivity index (χ0) is 27.5. The van der Waals surface area contributed by atoms with Crippen LogP contribution in [0.1, 0.15) is 81.1 Å². The number of ether oxygens (including phenoxy) is 3. The van der Waals surface area contributed by atoms with Crippen molar-refractivity contribution in [1.29, 1.82) is 0 Å². The summed E-state index contributed by atoms with van der Waals surface area (Å²) in [7, 11) is -4.28. The summed E-state index contributed by atoms with van der Waals surface area (Å²) in [5.74, 6) is -0.804. The quantitative estimate of drug-likeness (QED) is 0.478. The van der Waals surface area contributed by atoms with E-state index in [9.17, 15) is 18.0 Å². The first-order valence-corrected chi connectivity index (χ1v) is 14.7. The van der Waals surface area contributed by atoms with Crippen LogP contribution in [0.15, 0.2) is 12.1 Å². The fourth-order valence-electron chi connectivity index (χ4n) is 4.75. The predicted octanol–water partition coefficient (Wildman–Crippen LogP) is 3.47. The van der Waals surface area contributed by atoms with Crippen molar-refractivity contribution in [3.05, 3.63) is 29.1 Å². The summed E-state index contributed by atoms with van der Waals surface area (Å²) in [6.45, 7) is 5.72. The van der Waals surface area contributed by atoms with Crippen LogP contribution in [-0.4, -0.2) is 69.3 Å². The summed E-state index contributed by atoms with van der Waals surface area (Å²) in [6, 6.07) is 2.63. The summed E-state index contributed by atoms with van der Waals surface area (Å²) in [6.07, 6.45) is 5.09. The zero-order valence-corrected chi connectivity index (χ0v) is 23.1. The van der Waals surface area contributed by atoms with Crippen molar-refractivity contribution in [3.63, 3.8) is 0 Å².